The molecule has 0 aliphatic carbocycles. The summed E-state index contributed by atoms with van der Waals surface area (Å²) in [5, 5.41) is 4.73. The molecule has 1 aromatic rings. The van der Waals surface area contributed by atoms with Crippen LogP contribution < -0.4 is 11.1 Å². The van der Waals surface area contributed by atoms with E-state index in [0.29, 0.717) is 19.4 Å². The Labute approximate surface area is 93.9 Å². The van der Waals surface area contributed by atoms with Crippen molar-refractivity contribution in [3.05, 3.63) is 16.6 Å². The van der Waals surface area contributed by atoms with Gasteiger partial charge in [0, 0.05) is 17.3 Å². The summed E-state index contributed by atoms with van der Waals surface area (Å²) in [6, 6.07) is 0. The van der Waals surface area contributed by atoms with E-state index in [0.717, 1.165) is 5.69 Å². The molecular weight excluding hydrogens is 210 g/mol. The van der Waals surface area contributed by atoms with E-state index in [4.69, 9.17) is 5.73 Å². The number of carbonyl (C=O) groups is 1. The van der Waals surface area contributed by atoms with E-state index in [1.165, 1.54) is 11.3 Å². The van der Waals surface area contributed by atoms with Gasteiger partial charge >= 0.3 is 0 Å². The lowest BCUT2D eigenvalue weighted by atomic mass is 10.00. The predicted molar refractivity (Wildman–Crippen MR) is 61.5 cm³/mol. The van der Waals surface area contributed by atoms with Crippen LogP contribution in [0.5, 0.6) is 0 Å². The van der Waals surface area contributed by atoms with Crippen LogP contribution in [0, 0.1) is 0 Å². The first-order valence-corrected chi connectivity index (χ1v) is 5.84. The van der Waals surface area contributed by atoms with Crippen LogP contribution in [0.4, 0.5) is 0 Å². The van der Waals surface area contributed by atoms with E-state index in [2.05, 4.69) is 10.3 Å². The van der Waals surface area contributed by atoms with Gasteiger partial charge in [0.05, 0.1) is 17.7 Å². The Morgan fingerprint density at radius 1 is 1.67 bits per heavy atom. The van der Waals surface area contributed by atoms with Gasteiger partial charge in [-0.15, -0.1) is 11.3 Å². The molecule has 0 aliphatic heterocycles. The van der Waals surface area contributed by atoms with Crippen molar-refractivity contribution < 1.29 is 4.79 Å². The van der Waals surface area contributed by atoms with Crippen molar-refractivity contribution in [3.63, 3.8) is 0 Å². The van der Waals surface area contributed by atoms with Gasteiger partial charge in [-0.2, -0.15) is 0 Å². The number of amides is 1. The molecule has 0 unspecified atom stereocenters. The molecule has 0 radical (unpaired) electrons. The van der Waals surface area contributed by atoms with Gasteiger partial charge in [-0.1, -0.05) is 0 Å². The zero-order valence-corrected chi connectivity index (χ0v) is 9.93. The summed E-state index contributed by atoms with van der Waals surface area (Å²) in [5.74, 6) is 0.0292. The lowest BCUT2D eigenvalue weighted by molar-refractivity contribution is -0.121. The van der Waals surface area contributed by atoms with Crippen LogP contribution in [0.25, 0.3) is 0 Å². The van der Waals surface area contributed by atoms with Gasteiger partial charge in [-0.3, -0.25) is 4.79 Å². The molecular formula is C10H17N3OS. The van der Waals surface area contributed by atoms with Gasteiger partial charge in [0.2, 0.25) is 5.91 Å². The number of hydrogen-bond acceptors (Lipinski definition) is 4. The fourth-order valence-corrected chi connectivity index (χ4v) is 1.60. The van der Waals surface area contributed by atoms with E-state index in [1.54, 1.807) is 5.51 Å². The number of nitrogens with zero attached hydrogens (tertiary/aromatic N) is 1. The average molecular weight is 227 g/mol. The summed E-state index contributed by atoms with van der Waals surface area (Å²) < 4.78 is 0. The molecule has 0 fully saturated rings. The average Bonchev–Trinajstić information content (AvgIpc) is 2.62. The summed E-state index contributed by atoms with van der Waals surface area (Å²) >= 11 is 1.53. The minimum absolute atomic E-state index is 0.0292. The quantitative estimate of drug-likeness (QED) is 0.796. The summed E-state index contributed by atoms with van der Waals surface area (Å²) in [6.45, 7) is 4.34. The number of hydrogen-bond donors (Lipinski definition) is 2. The molecule has 0 bridgehead atoms. The Morgan fingerprint density at radius 2 is 2.40 bits per heavy atom. The predicted octanol–water partition coefficient (Wildman–Crippen LogP) is 1.28. The molecule has 0 aliphatic rings. The smallest absolute Gasteiger partial charge is 0.220 e. The maximum absolute atomic E-state index is 11.4. The van der Waals surface area contributed by atoms with Gasteiger partial charge in [-0.05, 0) is 20.3 Å². The topological polar surface area (TPSA) is 68.0 Å². The molecule has 1 heterocycles. The number of rotatable bonds is 5. The molecule has 3 N–H and O–H groups in total. The van der Waals surface area contributed by atoms with Crippen LogP contribution in [0.2, 0.25) is 0 Å². The Kier molecular flexibility index (Phi) is 4.23. The maximum Gasteiger partial charge on any atom is 0.220 e. The van der Waals surface area contributed by atoms with Gasteiger partial charge in [0.15, 0.2) is 0 Å². The summed E-state index contributed by atoms with van der Waals surface area (Å²) in [5.41, 5.74) is 8.16. The van der Waals surface area contributed by atoms with Crippen molar-refractivity contribution in [2.45, 2.75) is 38.8 Å². The third-order valence-electron chi connectivity index (χ3n) is 1.95. The van der Waals surface area contributed by atoms with Crippen LogP contribution in [0.1, 0.15) is 32.4 Å². The second-order valence-corrected chi connectivity index (χ2v) is 4.96. The molecule has 84 valence electrons. The van der Waals surface area contributed by atoms with Crippen molar-refractivity contribution >= 4 is 17.2 Å². The molecule has 1 aromatic heterocycles. The van der Waals surface area contributed by atoms with Crippen LogP contribution in [0.3, 0.4) is 0 Å². The maximum atomic E-state index is 11.4. The van der Waals surface area contributed by atoms with Crippen molar-refractivity contribution in [3.8, 4) is 0 Å². The Morgan fingerprint density at radius 3 is 2.93 bits per heavy atom. The van der Waals surface area contributed by atoms with Gasteiger partial charge in [-0.25, -0.2) is 4.98 Å². The highest BCUT2D eigenvalue weighted by Gasteiger charge is 2.12. The standard InChI is InChI=1S/C10H17N3OS/c1-10(2,11)4-3-9(14)12-5-8-6-15-7-13-8/h6-7H,3-5,11H2,1-2H3,(H,12,14). The van der Waals surface area contributed by atoms with Gasteiger partial charge < -0.3 is 11.1 Å². The SMILES string of the molecule is CC(C)(N)CCC(=O)NCc1cscn1. The van der Waals surface area contributed by atoms with Gasteiger partial charge in [0.1, 0.15) is 0 Å². The highest BCUT2D eigenvalue weighted by molar-refractivity contribution is 7.07. The lowest BCUT2D eigenvalue weighted by Crippen LogP contribution is -2.34. The molecule has 0 aromatic carbocycles. The first-order valence-electron chi connectivity index (χ1n) is 4.90. The van der Waals surface area contributed by atoms with E-state index >= 15 is 0 Å². The fraction of sp³-hybridized carbons (Fsp3) is 0.600. The minimum atomic E-state index is -0.280. The van der Waals surface area contributed by atoms with Crippen LogP contribution >= 0.6 is 11.3 Å². The molecule has 0 spiro atoms. The molecule has 5 heteroatoms. The first-order chi connectivity index (χ1) is 6.97. The largest absolute Gasteiger partial charge is 0.350 e. The van der Waals surface area contributed by atoms with Crippen molar-refractivity contribution in [1.29, 1.82) is 0 Å². The third kappa shape index (κ3) is 5.49. The monoisotopic (exact) mass is 227 g/mol. The summed E-state index contributed by atoms with van der Waals surface area (Å²) in [6.07, 6.45) is 1.16. The van der Waals surface area contributed by atoms with Crippen molar-refractivity contribution in [2.75, 3.05) is 0 Å². The fourth-order valence-electron chi connectivity index (χ4n) is 1.04. The summed E-state index contributed by atoms with van der Waals surface area (Å²) in [4.78, 5) is 15.5. The second-order valence-electron chi connectivity index (χ2n) is 4.25. The van der Waals surface area contributed by atoms with E-state index in [9.17, 15) is 4.79 Å². The number of aromatic nitrogens is 1. The first kappa shape index (κ1) is 12.1. The van der Waals surface area contributed by atoms with Crippen molar-refractivity contribution in [1.82, 2.24) is 10.3 Å². The van der Waals surface area contributed by atoms with Gasteiger partial charge in [0.25, 0.3) is 0 Å². The zero-order chi connectivity index (χ0) is 11.3. The lowest BCUT2D eigenvalue weighted by Gasteiger charge is -2.17. The van der Waals surface area contributed by atoms with Crippen LogP contribution in [0.15, 0.2) is 10.9 Å². The Balaban J connectivity index is 2.20. The van der Waals surface area contributed by atoms with E-state index in [1.807, 2.05) is 19.2 Å². The number of carbonyl (C=O) groups excluding carboxylic acids is 1. The summed E-state index contributed by atoms with van der Waals surface area (Å²) in [7, 11) is 0. The normalized spacial score (nSPS) is 11.4. The van der Waals surface area contributed by atoms with E-state index in [-0.39, 0.29) is 11.4 Å². The molecule has 0 atom stereocenters. The molecule has 4 nitrogen and oxygen atoms in total. The van der Waals surface area contributed by atoms with Crippen LogP contribution in [-0.2, 0) is 11.3 Å². The van der Waals surface area contributed by atoms with E-state index < -0.39 is 0 Å². The number of nitrogens with two attached hydrogens (primary N) is 1. The minimum Gasteiger partial charge on any atom is -0.350 e. The molecule has 1 amide bonds. The number of thiazole rings is 1. The highest BCUT2D eigenvalue weighted by Crippen LogP contribution is 2.07. The second kappa shape index (κ2) is 5.23. The van der Waals surface area contributed by atoms with Crippen molar-refractivity contribution in [2.24, 2.45) is 5.73 Å². The van der Waals surface area contributed by atoms with Crippen LogP contribution in [-0.4, -0.2) is 16.4 Å². The third-order valence-corrected chi connectivity index (χ3v) is 2.58. The highest BCUT2D eigenvalue weighted by atomic mass is 32.1. The molecule has 0 saturated carbocycles. The molecule has 15 heavy (non-hydrogen) atoms. The zero-order valence-electron chi connectivity index (χ0n) is 9.12. The molecule has 0 saturated heterocycles. The number of nitrogens with one attached hydrogen (secondary N) is 1. The Hall–Kier alpha value is -0.940. The molecule has 1 rings (SSSR count). The Bertz CT molecular complexity index is 303.